The highest BCUT2D eigenvalue weighted by atomic mass is 16.3. The molecule has 1 fully saturated rings. The molecule has 1 aromatic carbocycles. The molecule has 1 N–H and O–H groups in total. The zero-order chi connectivity index (χ0) is 20.5. The first kappa shape index (κ1) is 18.7. The number of amides is 2. The van der Waals surface area contributed by atoms with Gasteiger partial charge in [-0.05, 0) is 43.2 Å². The first-order valence-corrected chi connectivity index (χ1v) is 10.5. The fourth-order valence-electron chi connectivity index (χ4n) is 4.39. The molecule has 1 aliphatic heterocycles. The maximum Gasteiger partial charge on any atom is 0.289 e. The molecule has 1 aliphatic carbocycles. The molecule has 6 heteroatoms. The third kappa shape index (κ3) is 3.65. The Bertz CT molecular complexity index is 1060. The molecule has 0 radical (unpaired) electrons. The topological polar surface area (TPSA) is 75.7 Å². The molecule has 0 bridgehead atoms. The molecule has 0 unspecified atom stereocenters. The van der Waals surface area contributed by atoms with Crippen molar-refractivity contribution in [1.29, 1.82) is 0 Å². The average Bonchev–Trinajstić information content (AvgIpc) is 3.54. The second-order valence-electron chi connectivity index (χ2n) is 8.06. The molecule has 2 aliphatic rings. The van der Waals surface area contributed by atoms with Crippen LogP contribution in [-0.4, -0.2) is 23.3 Å². The summed E-state index contributed by atoms with van der Waals surface area (Å²) in [6.07, 6.45) is 6.40. The molecule has 5 rings (SSSR count). The van der Waals surface area contributed by atoms with Crippen LogP contribution in [0.25, 0.3) is 11.3 Å². The summed E-state index contributed by atoms with van der Waals surface area (Å²) in [5, 5.41) is 3.05. The van der Waals surface area contributed by atoms with Crippen LogP contribution in [0.15, 0.2) is 57.6 Å². The maximum absolute atomic E-state index is 12.6. The Morgan fingerprint density at radius 2 is 1.93 bits per heavy atom. The third-order valence-corrected chi connectivity index (χ3v) is 6.03. The molecular weight excluding hydrogens is 380 g/mol. The van der Waals surface area contributed by atoms with E-state index in [1.165, 1.54) is 6.26 Å². The fraction of sp³-hybridized carbons (Fsp3) is 0.333. The molecule has 2 amide bonds. The van der Waals surface area contributed by atoms with Crippen molar-refractivity contribution in [3.63, 3.8) is 0 Å². The van der Waals surface area contributed by atoms with E-state index in [1.807, 2.05) is 30.3 Å². The smallest absolute Gasteiger partial charge is 0.289 e. The van der Waals surface area contributed by atoms with Gasteiger partial charge in [-0.3, -0.25) is 9.59 Å². The van der Waals surface area contributed by atoms with Crippen LogP contribution >= 0.6 is 0 Å². The molecule has 154 valence electrons. The fourth-order valence-corrected chi connectivity index (χ4v) is 4.39. The summed E-state index contributed by atoms with van der Waals surface area (Å²) in [5.41, 5.74) is 2.71. The number of furan rings is 2. The molecule has 2 aromatic heterocycles. The molecule has 3 aromatic rings. The van der Waals surface area contributed by atoms with E-state index in [0.717, 1.165) is 54.0 Å². The van der Waals surface area contributed by atoms with E-state index in [9.17, 15) is 9.59 Å². The third-order valence-electron chi connectivity index (χ3n) is 6.03. The lowest BCUT2D eigenvalue weighted by Gasteiger charge is -2.25. The normalized spacial score (nSPS) is 16.5. The average molecular weight is 404 g/mol. The highest BCUT2D eigenvalue weighted by molar-refractivity contribution is 5.93. The summed E-state index contributed by atoms with van der Waals surface area (Å²) in [4.78, 5) is 26.8. The van der Waals surface area contributed by atoms with Crippen molar-refractivity contribution >= 4 is 17.5 Å². The summed E-state index contributed by atoms with van der Waals surface area (Å²) in [6.45, 7) is 1.09. The van der Waals surface area contributed by atoms with Crippen LogP contribution in [0.3, 0.4) is 0 Å². The number of benzene rings is 1. The van der Waals surface area contributed by atoms with Crippen molar-refractivity contribution < 1.29 is 18.4 Å². The van der Waals surface area contributed by atoms with E-state index in [-0.39, 0.29) is 17.7 Å². The second kappa shape index (κ2) is 7.86. The van der Waals surface area contributed by atoms with Crippen LogP contribution in [0, 0.1) is 5.92 Å². The minimum atomic E-state index is -0.106. The number of nitrogens with one attached hydrogen (secondary N) is 1. The molecule has 0 saturated heterocycles. The van der Waals surface area contributed by atoms with E-state index in [2.05, 4.69) is 5.32 Å². The van der Waals surface area contributed by atoms with Gasteiger partial charge in [-0.25, -0.2) is 0 Å². The van der Waals surface area contributed by atoms with E-state index in [0.29, 0.717) is 25.3 Å². The quantitative estimate of drug-likeness (QED) is 0.673. The predicted octanol–water partition coefficient (Wildman–Crippen LogP) is 4.87. The van der Waals surface area contributed by atoms with Crippen LogP contribution in [0.1, 0.15) is 47.6 Å². The Morgan fingerprint density at radius 3 is 2.73 bits per heavy atom. The zero-order valence-corrected chi connectivity index (χ0v) is 16.7. The van der Waals surface area contributed by atoms with Crippen molar-refractivity contribution in [3.05, 3.63) is 65.8 Å². The van der Waals surface area contributed by atoms with Crippen LogP contribution in [0.5, 0.6) is 0 Å². The predicted molar refractivity (Wildman–Crippen MR) is 112 cm³/mol. The molecule has 30 heavy (non-hydrogen) atoms. The van der Waals surface area contributed by atoms with Gasteiger partial charge in [0.05, 0.1) is 6.26 Å². The van der Waals surface area contributed by atoms with E-state index >= 15 is 0 Å². The van der Waals surface area contributed by atoms with Gasteiger partial charge in [0.25, 0.3) is 5.91 Å². The Morgan fingerprint density at radius 1 is 1.07 bits per heavy atom. The van der Waals surface area contributed by atoms with Crippen molar-refractivity contribution in [1.82, 2.24) is 4.90 Å². The van der Waals surface area contributed by atoms with Gasteiger partial charge in [-0.15, -0.1) is 0 Å². The Hall–Kier alpha value is -3.28. The molecule has 0 spiro atoms. The number of carbonyl (C=O) groups excluding carboxylic acids is 2. The number of rotatable bonds is 4. The van der Waals surface area contributed by atoms with Gasteiger partial charge >= 0.3 is 0 Å². The van der Waals surface area contributed by atoms with Gasteiger partial charge in [0.2, 0.25) is 5.91 Å². The number of nitrogens with zero attached hydrogens (tertiary/aromatic N) is 1. The number of hydrogen-bond acceptors (Lipinski definition) is 4. The van der Waals surface area contributed by atoms with Crippen molar-refractivity contribution in [3.8, 4) is 11.3 Å². The van der Waals surface area contributed by atoms with Gasteiger partial charge < -0.3 is 19.1 Å². The van der Waals surface area contributed by atoms with Crippen LogP contribution in [0.2, 0.25) is 0 Å². The summed E-state index contributed by atoms with van der Waals surface area (Å²) in [6, 6.07) is 13.1. The summed E-state index contributed by atoms with van der Waals surface area (Å²) >= 11 is 0. The highest BCUT2D eigenvalue weighted by Crippen LogP contribution is 2.32. The van der Waals surface area contributed by atoms with E-state index < -0.39 is 0 Å². The lowest BCUT2D eigenvalue weighted by molar-refractivity contribution is -0.119. The van der Waals surface area contributed by atoms with Gasteiger partial charge in [0.1, 0.15) is 11.5 Å². The SMILES string of the molecule is O=C(Nc1cccc(-c2cc3c(o2)CCN(C(=O)c2ccco2)C3)c1)C1CCCC1. The number of hydrogen-bond donors (Lipinski definition) is 1. The van der Waals surface area contributed by atoms with Crippen molar-refractivity contribution in [2.24, 2.45) is 5.92 Å². The Balaban J connectivity index is 1.32. The largest absolute Gasteiger partial charge is 0.461 e. The van der Waals surface area contributed by atoms with Crippen LogP contribution < -0.4 is 5.32 Å². The summed E-state index contributed by atoms with van der Waals surface area (Å²) in [5.74, 6) is 2.15. The number of anilines is 1. The van der Waals surface area contributed by atoms with Gasteiger partial charge in [0.15, 0.2) is 5.76 Å². The van der Waals surface area contributed by atoms with Gasteiger partial charge in [-0.1, -0.05) is 25.0 Å². The van der Waals surface area contributed by atoms with Gasteiger partial charge in [0, 0.05) is 42.2 Å². The molecule has 6 nitrogen and oxygen atoms in total. The zero-order valence-electron chi connectivity index (χ0n) is 16.7. The first-order valence-electron chi connectivity index (χ1n) is 10.5. The van der Waals surface area contributed by atoms with Crippen LogP contribution in [-0.2, 0) is 17.8 Å². The second-order valence-corrected chi connectivity index (χ2v) is 8.06. The highest BCUT2D eigenvalue weighted by Gasteiger charge is 2.27. The van der Waals surface area contributed by atoms with Crippen molar-refractivity contribution in [2.45, 2.75) is 38.6 Å². The molecular formula is C24H24N2O4. The summed E-state index contributed by atoms with van der Waals surface area (Å²) in [7, 11) is 0. The van der Waals surface area contributed by atoms with E-state index in [1.54, 1.807) is 17.0 Å². The standard InChI is InChI=1S/C24H24N2O4/c27-23(16-5-1-2-6-16)25-19-8-3-7-17(13-19)22-14-18-15-26(11-10-20(18)30-22)24(28)21-9-4-12-29-21/h3-4,7-9,12-14,16H,1-2,5-6,10-11,15H2,(H,25,27). The van der Waals surface area contributed by atoms with Crippen LogP contribution in [0.4, 0.5) is 5.69 Å². The molecule has 0 atom stereocenters. The van der Waals surface area contributed by atoms with Crippen molar-refractivity contribution in [2.75, 3.05) is 11.9 Å². The molecule has 3 heterocycles. The monoisotopic (exact) mass is 404 g/mol. The maximum atomic E-state index is 12.6. The number of fused-ring (bicyclic) bond motifs is 1. The lowest BCUT2D eigenvalue weighted by atomic mass is 10.1. The minimum absolute atomic E-state index is 0.106. The number of carbonyl (C=O) groups is 2. The Labute approximate surface area is 174 Å². The Kier molecular flexibility index (Phi) is 4.91. The lowest BCUT2D eigenvalue weighted by Crippen LogP contribution is -2.35. The molecule has 1 saturated carbocycles. The first-order chi connectivity index (χ1) is 14.7. The summed E-state index contributed by atoms with van der Waals surface area (Å²) < 4.78 is 11.3. The minimum Gasteiger partial charge on any atom is -0.461 e. The van der Waals surface area contributed by atoms with E-state index in [4.69, 9.17) is 8.83 Å². The van der Waals surface area contributed by atoms with Gasteiger partial charge in [-0.2, -0.15) is 0 Å².